The number of benzene rings is 1. The van der Waals surface area contributed by atoms with Crippen molar-refractivity contribution in [3.8, 4) is 0 Å². The highest BCUT2D eigenvalue weighted by molar-refractivity contribution is 5.74. The van der Waals surface area contributed by atoms with Gasteiger partial charge >= 0.3 is 12.1 Å². The van der Waals surface area contributed by atoms with Crippen LogP contribution in [0.4, 0.5) is 14.0 Å². The molecule has 7 heteroatoms. The topological polar surface area (TPSA) is 70.7 Å². The predicted molar refractivity (Wildman–Crippen MR) is 97.5 cm³/mol. The monoisotopic (exact) mass is 365 g/mol. The first-order valence-corrected chi connectivity index (χ1v) is 9.00. The molecule has 1 fully saturated rings. The highest BCUT2D eigenvalue weighted by Crippen LogP contribution is 2.12. The van der Waals surface area contributed by atoms with Gasteiger partial charge in [-0.1, -0.05) is 12.1 Å². The summed E-state index contributed by atoms with van der Waals surface area (Å²) in [5, 5.41) is 5.74. The molecule has 0 unspecified atom stereocenters. The van der Waals surface area contributed by atoms with Gasteiger partial charge in [0.1, 0.15) is 11.4 Å². The Balaban J connectivity index is 1.66. The number of rotatable bonds is 4. The lowest BCUT2D eigenvalue weighted by atomic mass is 10.1. The van der Waals surface area contributed by atoms with Crippen molar-refractivity contribution in [3.63, 3.8) is 0 Å². The fourth-order valence-electron chi connectivity index (χ4n) is 2.78. The second-order valence-electron chi connectivity index (χ2n) is 7.52. The van der Waals surface area contributed by atoms with Gasteiger partial charge in [0, 0.05) is 25.7 Å². The average Bonchev–Trinajstić information content (AvgIpc) is 2.55. The smallest absolute Gasteiger partial charge is 0.407 e. The maximum Gasteiger partial charge on any atom is 0.407 e. The summed E-state index contributed by atoms with van der Waals surface area (Å²) in [6, 6.07) is 6.18. The number of piperidine rings is 1. The van der Waals surface area contributed by atoms with Crippen molar-refractivity contribution >= 4 is 12.1 Å². The van der Waals surface area contributed by atoms with Crippen LogP contribution in [0.3, 0.4) is 0 Å². The second-order valence-corrected chi connectivity index (χ2v) is 7.52. The third-order valence-electron chi connectivity index (χ3n) is 4.11. The summed E-state index contributed by atoms with van der Waals surface area (Å²) in [5.74, 6) is -0.263. The van der Waals surface area contributed by atoms with Crippen molar-refractivity contribution in [2.24, 2.45) is 0 Å². The molecule has 144 valence electrons. The van der Waals surface area contributed by atoms with Crippen LogP contribution in [0.15, 0.2) is 24.3 Å². The molecule has 0 aliphatic carbocycles. The molecule has 0 spiro atoms. The number of carbonyl (C=O) groups is 2. The maximum absolute atomic E-state index is 12.9. The molecule has 26 heavy (non-hydrogen) atoms. The van der Waals surface area contributed by atoms with Gasteiger partial charge in [0.2, 0.25) is 0 Å². The van der Waals surface area contributed by atoms with Crippen LogP contribution in [0.25, 0.3) is 0 Å². The van der Waals surface area contributed by atoms with E-state index in [1.807, 2.05) is 20.8 Å². The molecule has 2 rings (SSSR count). The van der Waals surface area contributed by atoms with Crippen molar-refractivity contribution in [3.05, 3.63) is 35.6 Å². The Morgan fingerprint density at radius 3 is 2.38 bits per heavy atom. The summed E-state index contributed by atoms with van der Waals surface area (Å²) in [6.45, 7) is 7.15. The van der Waals surface area contributed by atoms with Crippen molar-refractivity contribution in [2.75, 3.05) is 19.6 Å². The summed E-state index contributed by atoms with van der Waals surface area (Å²) >= 11 is 0. The lowest BCUT2D eigenvalue weighted by molar-refractivity contribution is 0.0485. The predicted octanol–water partition coefficient (Wildman–Crippen LogP) is 3.07. The van der Waals surface area contributed by atoms with Crippen molar-refractivity contribution in [1.82, 2.24) is 15.5 Å². The van der Waals surface area contributed by atoms with Crippen LogP contribution in [0.2, 0.25) is 0 Å². The second kappa shape index (κ2) is 8.87. The molecule has 0 atom stereocenters. The summed E-state index contributed by atoms with van der Waals surface area (Å²) in [5.41, 5.74) is 0.460. The molecule has 0 aromatic heterocycles. The summed E-state index contributed by atoms with van der Waals surface area (Å²) in [4.78, 5) is 25.7. The van der Waals surface area contributed by atoms with Gasteiger partial charge in [0.15, 0.2) is 0 Å². The van der Waals surface area contributed by atoms with Crippen LogP contribution in [-0.2, 0) is 11.2 Å². The van der Waals surface area contributed by atoms with Gasteiger partial charge in [0.05, 0.1) is 0 Å². The molecule has 3 amide bonds. The third kappa shape index (κ3) is 6.90. The number of likely N-dealkylation sites (tertiary alicyclic amines) is 1. The molecule has 0 bridgehead atoms. The largest absolute Gasteiger partial charge is 0.444 e. The number of ether oxygens (including phenoxy) is 1. The minimum atomic E-state index is -0.519. The van der Waals surface area contributed by atoms with Gasteiger partial charge in [-0.3, -0.25) is 0 Å². The third-order valence-corrected chi connectivity index (χ3v) is 4.11. The summed E-state index contributed by atoms with van der Waals surface area (Å²) in [6.07, 6.45) is 1.64. The molecule has 1 aromatic rings. The van der Waals surface area contributed by atoms with Crippen LogP contribution in [0, 0.1) is 5.82 Å². The fraction of sp³-hybridized carbons (Fsp3) is 0.579. The lowest BCUT2D eigenvalue weighted by Crippen LogP contribution is -2.50. The molecule has 1 heterocycles. The fourth-order valence-corrected chi connectivity index (χ4v) is 2.78. The highest BCUT2D eigenvalue weighted by Gasteiger charge is 2.25. The standard InChI is InChI=1S/C19H28FN3O3/c1-19(2,3)26-18(25)22-16-9-12-23(13-10-16)17(24)21-11-8-14-4-6-15(20)7-5-14/h4-7,16H,8-13H2,1-3H3,(H,21,24)(H,22,25). The molecule has 1 aromatic carbocycles. The van der Waals surface area contributed by atoms with Crippen LogP contribution in [0.1, 0.15) is 39.2 Å². The van der Waals surface area contributed by atoms with Crippen LogP contribution < -0.4 is 10.6 Å². The van der Waals surface area contributed by atoms with E-state index in [1.165, 1.54) is 12.1 Å². The molecular formula is C19H28FN3O3. The minimum absolute atomic E-state index is 0.0214. The number of carbonyl (C=O) groups excluding carboxylic acids is 2. The Morgan fingerprint density at radius 2 is 1.81 bits per heavy atom. The molecular weight excluding hydrogens is 337 g/mol. The summed E-state index contributed by atoms with van der Waals surface area (Å²) in [7, 11) is 0. The van der Waals surface area contributed by atoms with E-state index in [2.05, 4.69) is 10.6 Å². The molecule has 0 radical (unpaired) electrons. The molecule has 2 N–H and O–H groups in total. The van der Waals surface area contributed by atoms with Crippen molar-refractivity contribution in [2.45, 2.75) is 51.7 Å². The van der Waals surface area contributed by atoms with Crippen LogP contribution in [0.5, 0.6) is 0 Å². The number of alkyl carbamates (subject to hydrolysis) is 1. The quantitative estimate of drug-likeness (QED) is 0.861. The zero-order valence-corrected chi connectivity index (χ0v) is 15.7. The number of nitrogens with one attached hydrogen (secondary N) is 2. The van der Waals surface area contributed by atoms with E-state index < -0.39 is 11.7 Å². The molecule has 0 saturated carbocycles. The first-order valence-electron chi connectivity index (χ1n) is 9.00. The first-order chi connectivity index (χ1) is 12.2. The van der Waals surface area contributed by atoms with Gasteiger partial charge in [-0.15, -0.1) is 0 Å². The van der Waals surface area contributed by atoms with Gasteiger partial charge in [-0.05, 0) is 57.7 Å². The summed E-state index contributed by atoms with van der Waals surface area (Å²) < 4.78 is 18.1. The van der Waals surface area contributed by atoms with Gasteiger partial charge in [0.25, 0.3) is 0 Å². The number of hydrogen-bond donors (Lipinski definition) is 2. The number of nitrogens with zero attached hydrogens (tertiary/aromatic N) is 1. The lowest BCUT2D eigenvalue weighted by Gasteiger charge is -2.32. The van der Waals surface area contributed by atoms with Gasteiger partial charge < -0.3 is 20.3 Å². The first kappa shape index (κ1) is 20.0. The minimum Gasteiger partial charge on any atom is -0.444 e. The van der Waals surface area contributed by atoms with E-state index in [0.717, 1.165) is 5.56 Å². The Bertz CT molecular complexity index is 605. The Hall–Kier alpha value is -2.31. The van der Waals surface area contributed by atoms with E-state index >= 15 is 0 Å². The zero-order valence-electron chi connectivity index (χ0n) is 15.7. The van der Waals surface area contributed by atoms with Gasteiger partial charge in [-0.25, -0.2) is 14.0 Å². The number of amides is 3. The van der Waals surface area contributed by atoms with Crippen LogP contribution in [-0.4, -0.2) is 48.3 Å². The van der Waals surface area contributed by atoms with E-state index in [9.17, 15) is 14.0 Å². The molecule has 1 aliphatic rings. The van der Waals surface area contributed by atoms with Crippen molar-refractivity contribution < 1.29 is 18.7 Å². The Morgan fingerprint density at radius 1 is 1.19 bits per heavy atom. The zero-order chi connectivity index (χ0) is 19.2. The molecule has 1 aliphatic heterocycles. The van der Waals surface area contributed by atoms with E-state index in [-0.39, 0.29) is 17.9 Å². The SMILES string of the molecule is CC(C)(C)OC(=O)NC1CCN(C(=O)NCCc2ccc(F)cc2)CC1. The van der Waals surface area contributed by atoms with Crippen LogP contribution >= 0.6 is 0 Å². The van der Waals surface area contributed by atoms with E-state index in [4.69, 9.17) is 4.74 Å². The molecule has 6 nitrogen and oxygen atoms in total. The van der Waals surface area contributed by atoms with E-state index in [1.54, 1.807) is 17.0 Å². The number of urea groups is 1. The normalized spacial score (nSPS) is 15.5. The number of halogens is 1. The van der Waals surface area contributed by atoms with Crippen molar-refractivity contribution in [1.29, 1.82) is 0 Å². The maximum atomic E-state index is 12.9. The average molecular weight is 365 g/mol. The Kier molecular flexibility index (Phi) is 6.83. The van der Waals surface area contributed by atoms with Gasteiger partial charge in [-0.2, -0.15) is 0 Å². The number of hydrogen-bond acceptors (Lipinski definition) is 3. The highest BCUT2D eigenvalue weighted by atomic mass is 19.1. The Labute approximate surface area is 154 Å². The molecule has 1 saturated heterocycles. The van der Waals surface area contributed by atoms with E-state index in [0.29, 0.717) is 38.9 Å².